The minimum Gasteiger partial charge on any atom is -0.370 e. The average Bonchev–Trinajstić information content (AvgIpc) is 3.13. The first-order valence-corrected chi connectivity index (χ1v) is 6.89. The van der Waals surface area contributed by atoms with Crippen LogP contribution in [0, 0.1) is 5.92 Å². The summed E-state index contributed by atoms with van der Waals surface area (Å²) in [6.07, 6.45) is 2.39. The van der Waals surface area contributed by atoms with Gasteiger partial charge in [-0.05, 0) is 19.3 Å². The molecule has 7 nitrogen and oxygen atoms in total. The Hall–Kier alpha value is -1.89. The van der Waals surface area contributed by atoms with E-state index >= 15 is 0 Å². The lowest BCUT2D eigenvalue weighted by Crippen LogP contribution is -2.26. The van der Waals surface area contributed by atoms with Gasteiger partial charge in [-0.2, -0.15) is 5.10 Å². The predicted octanol–water partition coefficient (Wildman–Crippen LogP) is 1.20. The summed E-state index contributed by atoms with van der Waals surface area (Å²) in [5.74, 6) is 1.09. The molecule has 0 saturated carbocycles. The first-order chi connectivity index (χ1) is 9.70. The zero-order valence-corrected chi connectivity index (χ0v) is 11.7. The SMILES string of the molecule is CCn1c([C@H]2OCC[C@H]2C)nn(Cc2ccon2)c1=O. The van der Waals surface area contributed by atoms with E-state index in [0.29, 0.717) is 30.5 Å². The maximum atomic E-state index is 12.4. The predicted molar refractivity (Wildman–Crippen MR) is 70.2 cm³/mol. The fraction of sp³-hybridized carbons (Fsp3) is 0.615. The largest absolute Gasteiger partial charge is 0.370 e. The molecule has 2 aromatic heterocycles. The van der Waals surface area contributed by atoms with Crippen LogP contribution in [0.15, 0.2) is 21.6 Å². The minimum absolute atomic E-state index is 0.0961. The molecule has 3 heterocycles. The van der Waals surface area contributed by atoms with Crippen molar-refractivity contribution in [2.24, 2.45) is 5.92 Å². The van der Waals surface area contributed by atoms with Crippen molar-refractivity contribution in [2.75, 3.05) is 6.61 Å². The van der Waals surface area contributed by atoms with Gasteiger partial charge in [-0.25, -0.2) is 9.48 Å². The summed E-state index contributed by atoms with van der Waals surface area (Å²) in [5, 5.41) is 8.26. The molecule has 0 aromatic carbocycles. The molecule has 7 heteroatoms. The molecule has 0 amide bonds. The van der Waals surface area contributed by atoms with Crippen molar-refractivity contribution < 1.29 is 9.26 Å². The Morgan fingerprint density at radius 1 is 1.50 bits per heavy atom. The summed E-state index contributed by atoms with van der Waals surface area (Å²) in [4.78, 5) is 12.4. The number of hydrogen-bond donors (Lipinski definition) is 0. The maximum Gasteiger partial charge on any atom is 0.346 e. The molecule has 1 fully saturated rings. The second-order valence-electron chi connectivity index (χ2n) is 5.09. The molecule has 0 spiro atoms. The molecule has 1 aliphatic rings. The van der Waals surface area contributed by atoms with Crippen molar-refractivity contribution in [3.63, 3.8) is 0 Å². The van der Waals surface area contributed by atoms with Crippen LogP contribution in [0.2, 0.25) is 0 Å². The van der Waals surface area contributed by atoms with Crippen molar-refractivity contribution in [1.29, 1.82) is 0 Å². The van der Waals surface area contributed by atoms with E-state index in [-0.39, 0.29) is 11.8 Å². The molecule has 0 aliphatic carbocycles. The second-order valence-corrected chi connectivity index (χ2v) is 5.09. The first-order valence-electron chi connectivity index (χ1n) is 6.89. The molecule has 3 rings (SSSR count). The quantitative estimate of drug-likeness (QED) is 0.840. The molecular formula is C13H18N4O3. The van der Waals surface area contributed by atoms with Crippen molar-refractivity contribution in [2.45, 2.75) is 39.5 Å². The molecular weight excluding hydrogens is 260 g/mol. The maximum absolute atomic E-state index is 12.4. The Morgan fingerprint density at radius 3 is 2.95 bits per heavy atom. The Bertz CT molecular complexity index is 629. The van der Waals surface area contributed by atoms with E-state index in [9.17, 15) is 4.79 Å². The molecule has 0 N–H and O–H groups in total. The minimum atomic E-state index is -0.131. The molecule has 0 unspecified atom stereocenters. The highest BCUT2D eigenvalue weighted by atomic mass is 16.5. The molecule has 0 radical (unpaired) electrons. The first kappa shape index (κ1) is 13.1. The lowest BCUT2D eigenvalue weighted by Gasteiger charge is -2.13. The fourth-order valence-electron chi connectivity index (χ4n) is 2.57. The van der Waals surface area contributed by atoms with Crippen LogP contribution in [0.1, 0.15) is 37.9 Å². The summed E-state index contributed by atoms with van der Waals surface area (Å²) < 4.78 is 13.6. The van der Waals surface area contributed by atoms with Gasteiger partial charge in [0.2, 0.25) is 0 Å². The third-order valence-corrected chi connectivity index (χ3v) is 3.71. The lowest BCUT2D eigenvalue weighted by atomic mass is 10.0. The number of ether oxygens (including phenoxy) is 1. The average molecular weight is 278 g/mol. The highest BCUT2D eigenvalue weighted by Crippen LogP contribution is 2.32. The zero-order chi connectivity index (χ0) is 14.1. The molecule has 108 valence electrons. The van der Waals surface area contributed by atoms with Gasteiger partial charge in [0.25, 0.3) is 0 Å². The summed E-state index contributed by atoms with van der Waals surface area (Å²) in [6.45, 7) is 5.68. The molecule has 1 saturated heterocycles. The van der Waals surface area contributed by atoms with Gasteiger partial charge in [-0.3, -0.25) is 4.57 Å². The van der Waals surface area contributed by atoms with Crippen LogP contribution in [-0.2, 0) is 17.8 Å². The van der Waals surface area contributed by atoms with Crippen LogP contribution in [0.25, 0.3) is 0 Å². The number of nitrogens with zero attached hydrogens (tertiary/aromatic N) is 4. The topological polar surface area (TPSA) is 75.1 Å². The van der Waals surface area contributed by atoms with Crippen molar-refractivity contribution in [3.05, 3.63) is 34.3 Å². The van der Waals surface area contributed by atoms with Crippen LogP contribution in [0.4, 0.5) is 0 Å². The summed E-state index contributed by atoms with van der Waals surface area (Å²) in [7, 11) is 0. The number of rotatable bonds is 4. The monoisotopic (exact) mass is 278 g/mol. The summed E-state index contributed by atoms with van der Waals surface area (Å²) >= 11 is 0. The highest BCUT2D eigenvalue weighted by molar-refractivity contribution is 5.00. The van der Waals surface area contributed by atoms with Crippen LogP contribution in [0.5, 0.6) is 0 Å². The smallest absolute Gasteiger partial charge is 0.346 e. The zero-order valence-electron chi connectivity index (χ0n) is 11.7. The van der Waals surface area contributed by atoms with Gasteiger partial charge in [-0.15, -0.1) is 0 Å². The fourth-order valence-corrected chi connectivity index (χ4v) is 2.57. The van der Waals surface area contributed by atoms with E-state index in [0.717, 1.165) is 13.0 Å². The highest BCUT2D eigenvalue weighted by Gasteiger charge is 2.31. The van der Waals surface area contributed by atoms with Crippen LogP contribution < -0.4 is 5.69 Å². The van der Waals surface area contributed by atoms with Gasteiger partial charge < -0.3 is 9.26 Å². The van der Waals surface area contributed by atoms with Gasteiger partial charge in [-0.1, -0.05) is 12.1 Å². The molecule has 2 atom stereocenters. The Morgan fingerprint density at radius 2 is 2.35 bits per heavy atom. The second kappa shape index (κ2) is 5.24. The van der Waals surface area contributed by atoms with Crippen LogP contribution in [0.3, 0.4) is 0 Å². The summed E-state index contributed by atoms with van der Waals surface area (Å²) in [5.41, 5.74) is 0.549. The lowest BCUT2D eigenvalue weighted by molar-refractivity contribution is 0.0836. The van der Waals surface area contributed by atoms with Crippen LogP contribution in [-0.4, -0.2) is 26.1 Å². The Labute approximate surface area is 116 Å². The van der Waals surface area contributed by atoms with Crippen molar-refractivity contribution in [3.8, 4) is 0 Å². The van der Waals surface area contributed by atoms with Crippen molar-refractivity contribution in [1.82, 2.24) is 19.5 Å². The summed E-state index contributed by atoms with van der Waals surface area (Å²) in [6, 6.07) is 1.73. The van der Waals surface area contributed by atoms with Gasteiger partial charge >= 0.3 is 5.69 Å². The molecule has 2 aromatic rings. The van der Waals surface area contributed by atoms with Gasteiger partial charge in [0.1, 0.15) is 18.1 Å². The third kappa shape index (κ3) is 2.18. The Kier molecular flexibility index (Phi) is 3.43. The molecule has 1 aliphatic heterocycles. The number of aromatic nitrogens is 4. The normalized spacial score (nSPS) is 22.5. The standard InChI is InChI=1S/C13H18N4O3/c1-3-16-12(11-9(2)4-6-19-11)14-17(13(16)18)8-10-5-7-20-15-10/h5,7,9,11H,3-4,6,8H2,1-2H3/t9-,11+/m1/s1. The van der Waals surface area contributed by atoms with Crippen molar-refractivity contribution >= 4 is 0 Å². The van der Waals surface area contributed by atoms with E-state index in [1.165, 1.54) is 10.9 Å². The van der Waals surface area contributed by atoms with Crippen LogP contribution >= 0.6 is 0 Å². The van der Waals surface area contributed by atoms with Gasteiger partial charge in [0.05, 0.1) is 6.54 Å². The molecule has 20 heavy (non-hydrogen) atoms. The van der Waals surface area contributed by atoms with E-state index in [1.807, 2.05) is 6.92 Å². The third-order valence-electron chi connectivity index (χ3n) is 3.71. The Balaban J connectivity index is 1.96. The number of hydrogen-bond acceptors (Lipinski definition) is 5. The van der Waals surface area contributed by atoms with Gasteiger partial charge in [0.15, 0.2) is 5.82 Å². The van der Waals surface area contributed by atoms with E-state index in [4.69, 9.17) is 9.26 Å². The molecule has 0 bridgehead atoms. The van der Waals surface area contributed by atoms with E-state index in [2.05, 4.69) is 17.2 Å². The van der Waals surface area contributed by atoms with Gasteiger partial charge in [0, 0.05) is 19.2 Å². The van der Waals surface area contributed by atoms with E-state index < -0.39 is 0 Å². The van der Waals surface area contributed by atoms with E-state index in [1.54, 1.807) is 10.6 Å².